The van der Waals surface area contributed by atoms with Crippen molar-refractivity contribution in [2.24, 2.45) is 22.7 Å². The zero-order valence-corrected chi connectivity index (χ0v) is 30.3. The third kappa shape index (κ3) is 10.1. The molecule has 46 heavy (non-hydrogen) atoms. The number of hydrogen-bond acceptors (Lipinski definition) is 7. The second-order valence-corrected chi connectivity index (χ2v) is 17.2. The van der Waals surface area contributed by atoms with Gasteiger partial charge in [0, 0.05) is 32.2 Å². The van der Waals surface area contributed by atoms with E-state index in [1.165, 1.54) is 9.21 Å². The van der Waals surface area contributed by atoms with Gasteiger partial charge in [-0.2, -0.15) is 4.31 Å². The van der Waals surface area contributed by atoms with E-state index in [0.29, 0.717) is 25.8 Å². The Labute approximate surface area is 275 Å². The molecule has 2 aliphatic rings. The number of ketones is 1. The zero-order chi connectivity index (χ0) is 35.2. The summed E-state index contributed by atoms with van der Waals surface area (Å²) in [6.07, 6.45) is 1.92. The first kappa shape index (κ1) is 39.4. The van der Waals surface area contributed by atoms with Crippen molar-refractivity contribution in [3.63, 3.8) is 0 Å². The average molecular weight is 671 g/mol. The summed E-state index contributed by atoms with van der Waals surface area (Å²) in [6.45, 7) is 19.8. The molecule has 2 saturated heterocycles. The van der Waals surface area contributed by atoms with E-state index in [-0.39, 0.29) is 43.6 Å². The molecule has 264 valence electrons. The molecule has 2 unspecified atom stereocenters. The number of sulfonamides is 1. The lowest BCUT2D eigenvalue weighted by Crippen LogP contribution is -2.62. The predicted molar refractivity (Wildman–Crippen MR) is 177 cm³/mol. The maximum absolute atomic E-state index is 14.3. The Hall–Kier alpha value is -2.74. The number of likely N-dealkylation sites (N-methyl/N-ethyl adjacent to an activating group) is 1. The molecule has 2 rings (SSSR count). The van der Waals surface area contributed by atoms with E-state index >= 15 is 0 Å². The van der Waals surface area contributed by atoms with Crippen molar-refractivity contribution < 1.29 is 32.4 Å². The van der Waals surface area contributed by atoms with Crippen LogP contribution in [0, 0.1) is 22.7 Å². The SMILES string of the molecule is CCCC(NC(=O)[C@@H]1C(C(C)C)CCN1C(=O)[C@@H](NC(=O)N[C@H](CN1CCCS1(=O)=O)C(C)(C)C)C(C)(C)C)C(=O)C(=O)NCC. The first-order valence-electron chi connectivity index (χ1n) is 16.6. The molecule has 0 bridgehead atoms. The van der Waals surface area contributed by atoms with Gasteiger partial charge in [0.15, 0.2) is 0 Å². The van der Waals surface area contributed by atoms with E-state index in [0.717, 1.165) is 0 Å². The molecular formula is C32H58N6O7S. The minimum absolute atomic E-state index is 0.0380. The molecular weight excluding hydrogens is 612 g/mol. The van der Waals surface area contributed by atoms with Gasteiger partial charge in [-0.25, -0.2) is 13.2 Å². The molecule has 0 radical (unpaired) electrons. The zero-order valence-electron chi connectivity index (χ0n) is 29.5. The van der Waals surface area contributed by atoms with Gasteiger partial charge in [-0.1, -0.05) is 68.7 Å². The highest BCUT2D eigenvalue weighted by molar-refractivity contribution is 7.89. The summed E-state index contributed by atoms with van der Waals surface area (Å²) in [7, 11) is -3.38. The quantitative estimate of drug-likeness (QED) is 0.217. The van der Waals surface area contributed by atoms with Crippen LogP contribution < -0.4 is 21.3 Å². The number of urea groups is 1. The van der Waals surface area contributed by atoms with Crippen LogP contribution in [0.1, 0.15) is 94.9 Å². The average Bonchev–Trinajstić information content (AvgIpc) is 3.52. The molecule has 2 aliphatic heterocycles. The highest BCUT2D eigenvalue weighted by Crippen LogP contribution is 2.33. The molecule has 0 aromatic rings. The van der Waals surface area contributed by atoms with Crippen molar-refractivity contribution in [2.75, 3.05) is 31.9 Å². The highest BCUT2D eigenvalue weighted by Gasteiger charge is 2.48. The van der Waals surface area contributed by atoms with Crippen molar-refractivity contribution >= 4 is 39.6 Å². The van der Waals surface area contributed by atoms with Gasteiger partial charge in [0.05, 0.1) is 11.8 Å². The first-order valence-corrected chi connectivity index (χ1v) is 18.2. The molecule has 13 nitrogen and oxygen atoms in total. The second-order valence-electron chi connectivity index (χ2n) is 15.1. The minimum atomic E-state index is -3.38. The Bertz CT molecular complexity index is 1220. The molecule has 5 amide bonds. The molecule has 0 saturated carbocycles. The fourth-order valence-electron chi connectivity index (χ4n) is 6.10. The Morgan fingerprint density at radius 3 is 2.00 bits per heavy atom. The van der Waals surface area contributed by atoms with Crippen LogP contribution >= 0.6 is 0 Å². The normalized spacial score (nSPS) is 22.2. The largest absolute Gasteiger partial charge is 0.350 e. The molecule has 0 aliphatic carbocycles. The Balaban J connectivity index is 2.33. The van der Waals surface area contributed by atoms with Crippen molar-refractivity contribution in [3.8, 4) is 0 Å². The predicted octanol–water partition coefficient (Wildman–Crippen LogP) is 2.01. The Morgan fingerprint density at radius 1 is 0.891 bits per heavy atom. The molecule has 0 aromatic carbocycles. The van der Waals surface area contributed by atoms with E-state index in [1.54, 1.807) is 6.92 Å². The van der Waals surface area contributed by atoms with Gasteiger partial charge in [0.2, 0.25) is 27.6 Å². The molecule has 14 heteroatoms. The number of carbonyl (C=O) groups is 5. The molecule has 0 spiro atoms. The van der Waals surface area contributed by atoms with Crippen LogP contribution in [-0.4, -0.2) is 103 Å². The number of nitrogens with zero attached hydrogens (tertiary/aromatic N) is 2. The molecule has 2 heterocycles. The third-order valence-electron chi connectivity index (χ3n) is 8.95. The van der Waals surface area contributed by atoms with Gasteiger partial charge >= 0.3 is 6.03 Å². The third-order valence-corrected chi connectivity index (χ3v) is 10.9. The van der Waals surface area contributed by atoms with Crippen molar-refractivity contribution in [2.45, 2.75) is 119 Å². The number of Topliss-reactive ketones (excluding diaryl/α,β-unsaturated/α-hetero) is 1. The Morgan fingerprint density at radius 2 is 1.52 bits per heavy atom. The van der Waals surface area contributed by atoms with Crippen LogP contribution in [0.15, 0.2) is 0 Å². The lowest BCUT2D eigenvalue weighted by atomic mass is 9.84. The van der Waals surface area contributed by atoms with Gasteiger partial charge < -0.3 is 26.2 Å². The van der Waals surface area contributed by atoms with Crippen molar-refractivity contribution in [3.05, 3.63) is 0 Å². The number of rotatable bonds is 13. The smallest absolute Gasteiger partial charge is 0.315 e. The number of carbonyl (C=O) groups excluding carboxylic acids is 5. The van der Waals surface area contributed by atoms with E-state index in [9.17, 15) is 32.4 Å². The maximum Gasteiger partial charge on any atom is 0.315 e. The lowest BCUT2D eigenvalue weighted by Gasteiger charge is -2.38. The van der Waals surface area contributed by atoms with E-state index < -0.39 is 74.6 Å². The fourth-order valence-corrected chi connectivity index (χ4v) is 7.63. The second kappa shape index (κ2) is 15.9. The molecule has 2 fully saturated rings. The highest BCUT2D eigenvalue weighted by atomic mass is 32.2. The van der Waals surface area contributed by atoms with Gasteiger partial charge in [0.25, 0.3) is 5.91 Å². The van der Waals surface area contributed by atoms with Crippen LogP contribution in [0.4, 0.5) is 4.79 Å². The maximum atomic E-state index is 14.3. The van der Waals surface area contributed by atoms with E-state index in [1.807, 2.05) is 62.3 Å². The number of nitrogens with one attached hydrogen (secondary N) is 4. The van der Waals surface area contributed by atoms with Crippen LogP contribution in [0.25, 0.3) is 0 Å². The lowest BCUT2D eigenvalue weighted by molar-refractivity contribution is -0.144. The monoisotopic (exact) mass is 670 g/mol. The van der Waals surface area contributed by atoms with Gasteiger partial charge in [-0.3, -0.25) is 19.2 Å². The summed E-state index contributed by atoms with van der Waals surface area (Å²) in [5.41, 5.74) is -1.24. The van der Waals surface area contributed by atoms with Gasteiger partial charge in [0.1, 0.15) is 12.1 Å². The Kier molecular flexibility index (Phi) is 13.6. The number of likely N-dealkylation sites (tertiary alicyclic amines) is 1. The standard InChI is InChI=1S/C32H58N6O7S/c1-11-14-22(25(39)28(41)33-12-2)34-27(40)24-21(20(3)4)15-17-38(24)29(42)26(32(8,9)10)36-30(43)35-23(31(5,6)7)19-37-16-13-18-46(37,44)45/h20-24,26H,11-19H2,1-10H3,(H,33,41)(H,34,40)(H2,35,36,43)/t21?,22?,23-,24+,26-/m1/s1. The van der Waals surface area contributed by atoms with Crippen LogP contribution in [0.3, 0.4) is 0 Å². The topological polar surface area (TPSA) is 174 Å². The summed E-state index contributed by atoms with van der Waals surface area (Å²) >= 11 is 0. The summed E-state index contributed by atoms with van der Waals surface area (Å²) in [5.74, 6) is -2.50. The van der Waals surface area contributed by atoms with Gasteiger partial charge in [-0.15, -0.1) is 0 Å². The van der Waals surface area contributed by atoms with E-state index in [4.69, 9.17) is 0 Å². The van der Waals surface area contributed by atoms with Crippen LogP contribution in [-0.2, 0) is 29.2 Å². The van der Waals surface area contributed by atoms with Crippen LogP contribution in [0.5, 0.6) is 0 Å². The first-order chi connectivity index (χ1) is 21.1. The van der Waals surface area contributed by atoms with Crippen LogP contribution in [0.2, 0.25) is 0 Å². The fraction of sp³-hybridized carbons (Fsp3) is 0.844. The summed E-state index contributed by atoms with van der Waals surface area (Å²) in [5, 5.41) is 11.0. The molecule has 0 aromatic heterocycles. The summed E-state index contributed by atoms with van der Waals surface area (Å²) < 4.78 is 26.4. The summed E-state index contributed by atoms with van der Waals surface area (Å²) in [6, 6.07) is -4.09. The van der Waals surface area contributed by atoms with Crippen molar-refractivity contribution in [1.29, 1.82) is 0 Å². The number of hydrogen-bond donors (Lipinski definition) is 4. The molecule has 5 atom stereocenters. The molecule has 4 N–H and O–H groups in total. The summed E-state index contributed by atoms with van der Waals surface area (Å²) in [4.78, 5) is 68.3. The van der Waals surface area contributed by atoms with Gasteiger partial charge in [-0.05, 0) is 48.9 Å². The van der Waals surface area contributed by atoms with E-state index in [2.05, 4.69) is 21.3 Å². The number of amides is 5. The minimum Gasteiger partial charge on any atom is -0.350 e. The van der Waals surface area contributed by atoms with Crippen molar-refractivity contribution in [1.82, 2.24) is 30.5 Å².